The lowest BCUT2D eigenvalue weighted by Gasteiger charge is -2.42. The summed E-state index contributed by atoms with van der Waals surface area (Å²) in [6.07, 6.45) is -8.16. The van der Waals surface area contributed by atoms with E-state index in [1.165, 1.54) is 18.2 Å². The number of hydrogen-bond donors (Lipinski definition) is 3. The number of nitrogens with one attached hydrogen (secondary N) is 1. The average Bonchev–Trinajstić information content (AvgIpc) is 3.44. The maximum atomic E-state index is 13.9. The van der Waals surface area contributed by atoms with E-state index in [-0.39, 0.29) is 60.3 Å². The maximum Gasteiger partial charge on any atom is 0.586 e. The number of carbonyl (C=O) groups is 2. The third kappa shape index (κ3) is 5.30. The summed E-state index contributed by atoms with van der Waals surface area (Å²) in [5.74, 6) is -2.66. The molecule has 0 radical (unpaired) electrons. The van der Waals surface area contributed by atoms with Gasteiger partial charge in [0.1, 0.15) is 35.4 Å². The Kier molecular flexibility index (Phi) is 7.02. The number of aliphatic hydroxyl groups excluding tert-OH is 1. The van der Waals surface area contributed by atoms with Gasteiger partial charge in [-0.2, -0.15) is 0 Å². The summed E-state index contributed by atoms with van der Waals surface area (Å²) in [5.41, 5.74) is -1.96. The van der Waals surface area contributed by atoms with Crippen molar-refractivity contribution >= 4 is 11.9 Å². The van der Waals surface area contributed by atoms with Crippen LogP contribution in [-0.2, 0) is 15.0 Å². The molecule has 3 aliphatic heterocycles. The molecular formula is C29H28F5NO9. The topological polar surface area (TPSA) is 133 Å². The Hall–Kier alpha value is -4.01. The SMILES string of the molecule is C[C@]1(C(=O)N[C@@H]2C[C@H](C3CCC(CO)(C(=O)O)CC3)Oc3cc(OC(F)(F)F)ccc32)COc2cc3c(cc21)OC(F)(F)O3. The van der Waals surface area contributed by atoms with Crippen molar-refractivity contribution in [3.8, 4) is 28.7 Å². The Morgan fingerprint density at radius 3 is 2.36 bits per heavy atom. The van der Waals surface area contributed by atoms with Crippen molar-refractivity contribution in [1.29, 1.82) is 0 Å². The number of rotatable bonds is 6. The molecular weight excluding hydrogens is 601 g/mol. The van der Waals surface area contributed by atoms with Crippen molar-refractivity contribution in [1.82, 2.24) is 5.32 Å². The van der Waals surface area contributed by atoms with Gasteiger partial charge in [0.15, 0.2) is 11.5 Å². The number of aliphatic carboxylic acids is 1. The molecule has 3 N–H and O–H groups in total. The molecule has 0 bridgehead atoms. The molecule has 2 aromatic carbocycles. The predicted molar refractivity (Wildman–Crippen MR) is 138 cm³/mol. The number of carbonyl (C=O) groups excluding carboxylic acids is 1. The number of aliphatic hydroxyl groups is 1. The molecule has 1 amide bonds. The van der Waals surface area contributed by atoms with Crippen molar-refractivity contribution in [3.05, 3.63) is 41.5 Å². The van der Waals surface area contributed by atoms with Gasteiger partial charge in [0.05, 0.1) is 18.1 Å². The van der Waals surface area contributed by atoms with Crippen LogP contribution in [0.3, 0.4) is 0 Å². The van der Waals surface area contributed by atoms with Gasteiger partial charge < -0.3 is 39.2 Å². The Morgan fingerprint density at radius 2 is 1.73 bits per heavy atom. The summed E-state index contributed by atoms with van der Waals surface area (Å²) < 4.78 is 91.1. The lowest BCUT2D eigenvalue weighted by Crippen LogP contribution is -2.48. The largest absolute Gasteiger partial charge is 0.586 e. The monoisotopic (exact) mass is 629 g/mol. The number of carboxylic acid groups (broad SMARTS) is 1. The number of benzene rings is 2. The van der Waals surface area contributed by atoms with E-state index in [0.29, 0.717) is 18.4 Å². The number of amides is 1. The standard InChI is InChI=1S/C29H28F5NO9/c1-26(13-40-21-11-23-22(9-17(21)26)43-29(33,34)44-23)24(37)35-18-10-19(14-4-6-27(12-36,7-5-14)25(38)39)41-20-8-15(2-3-16(18)20)42-28(30,31)32/h2-3,8-9,11,14,18-19,36H,4-7,10,12-13H2,1H3,(H,35,37)(H,38,39)/t14?,18-,19-,26+,27?/m1/s1. The smallest absolute Gasteiger partial charge is 0.492 e. The van der Waals surface area contributed by atoms with E-state index in [4.69, 9.17) is 9.47 Å². The third-order valence-electron chi connectivity index (χ3n) is 9.03. The van der Waals surface area contributed by atoms with Gasteiger partial charge in [-0.05, 0) is 56.7 Å². The Balaban J connectivity index is 1.27. The van der Waals surface area contributed by atoms with E-state index < -0.39 is 59.9 Å². The molecule has 4 aliphatic rings. The van der Waals surface area contributed by atoms with Gasteiger partial charge in [-0.1, -0.05) is 0 Å². The van der Waals surface area contributed by atoms with Gasteiger partial charge in [-0.25, -0.2) is 0 Å². The maximum absolute atomic E-state index is 13.9. The minimum Gasteiger partial charge on any atom is -0.492 e. The molecule has 0 saturated heterocycles. The number of hydrogen-bond acceptors (Lipinski definition) is 8. The van der Waals surface area contributed by atoms with Gasteiger partial charge in [-0.15, -0.1) is 22.0 Å². The first-order valence-corrected chi connectivity index (χ1v) is 13.9. The fourth-order valence-electron chi connectivity index (χ4n) is 6.44. The van der Waals surface area contributed by atoms with Crippen molar-refractivity contribution in [3.63, 3.8) is 0 Å². The molecule has 15 heteroatoms. The molecule has 1 saturated carbocycles. The predicted octanol–water partition coefficient (Wildman–Crippen LogP) is 4.82. The summed E-state index contributed by atoms with van der Waals surface area (Å²) in [7, 11) is 0. The van der Waals surface area contributed by atoms with Crippen LogP contribution in [-0.4, -0.2) is 54.1 Å². The zero-order valence-electron chi connectivity index (χ0n) is 23.2. The van der Waals surface area contributed by atoms with Gasteiger partial charge >= 0.3 is 18.6 Å². The Morgan fingerprint density at radius 1 is 1.05 bits per heavy atom. The number of fused-ring (bicyclic) bond motifs is 3. The van der Waals surface area contributed by atoms with Crippen LogP contribution in [0.2, 0.25) is 0 Å². The normalized spacial score (nSPS) is 29.9. The van der Waals surface area contributed by atoms with Crippen LogP contribution in [0, 0.1) is 11.3 Å². The van der Waals surface area contributed by atoms with E-state index in [9.17, 15) is 41.8 Å². The average molecular weight is 630 g/mol. The first-order valence-electron chi connectivity index (χ1n) is 13.9. The van der Waals surface area contributed by atoms with Crippen molar-refractivity contribution in [2.45, 2.75) is 69.2 Å². The second kappa shape index (κ2) is 10.3. The van der Waals surface area contributed by atoms with Crippen LogP contribution in [0.1, 0.15) is 56.2 Å². The lowest BCUT2D eigenvalue weighted by atomic mass is 9.68. The van der Waals surface area contributed by atoms with E-state index >= 15 is 0 Å². The highest BCUT2D eigenvalue weighted by Crippen LogP contribution is 2.51. The van der Waals surface area contributed by atoms with Crippen LogP contribution in [0.25, 0.3) is 0 Å². The van der Waals surface area contributed by atoms with Crippen LogP contribution < -0.4 is 29.0 Å². The van der Waals surface area contributed by atoms with Crippen molar-refractivity contribution < 1.29 is 65.4 Å². The minimum atomic E-state index is -4.95. The molecule has 3 heterocycles. The first kappa shape index (κ1) is 30.0. The zero-order chi connectivity index (χ0) is 31.7. The highest BCUT2D eigenvalue weighted by Gasteiger charge is 2.50. The summed E-state index contributed by atoms with van der Waals surface area (Å²) in [4.78, 5) is 25.7. The molecule has 10 nitrogen and oxygen atoms in total. The van der Waals surface area contributed by atoms with E-state index in [0.717, 1.165) is 12.1 Å². The lowest BCUT2D eigenvalue weighted by molar-refractivity contribution is -0.286. The van der Waals surface area contributed by atoms with Gasteiger partial charge in [-0.3, -0.25) is 9.59 Å². The number of halogens is 5. The van der Waals surface area contributed by atoms with Crippen LogP contribution in [0.4, 0.5) is 22.0 Å². The van der Waals surface area contributed by atoms with E-state index in [1.807, 2.05) is 0 Å². The van der Waals surface area contributed by atoms with Crippen molar-refractivity contribution in [2.24, 2.45) is 11.3 Å². The van der Waals surface area contributed by atoms with Crippen molar-refractivity contribution in [2.75, 3.05) is 13.2 Å². The summed E-state index contributed by atoms with van der Waals surface area (Å²) >= 11 is 0. The quantitative estimate of drug-likeness (QED) is 0.385. The Bertz CT molecular complexity index is 1490. The second-order valence-corrected chi connectivity index (χ2v) is 11.8. The number of alkyl halides is 5. The molecule has 1 fully saturated rings. The number of ether oxygens (including phenoxy) is 5. The minimum absolute atomic E-state index is 0.0596. The fraction of sp³-hybridized carbons (Fsp3) is 0.517. The first-order chi connectivity index (χ1) is 20.6. The molecule has 1 aliphatic carbocycles. The molecule has 0 unspecified atom stereocenters. The molecule has 2 aromatic rings. The van der Waals surface area contributed by atoms with Crippen LogP contribution in [0.5, 0.6) is 28.7 Å². The third-order valence-corrected chi connectivity index (χ3v) is 9.03. The summed E-state index contributed by atoms with van der Waals surface area (Å²) in [6.45, 7) is 0.904. The molecule has 6 rings (SSSR count). The molecule has 0 aromatic heterocycles. The van der Waals surface area contributed by atoms with Gasteiger partial charge in [0.2, 0.25) is 5.91 Å². The van der Waals surface area contributed by atoms with E-state index in [1.54, 1.807) is 6.92 Å². The van der Waals surface area contributed by atoms with Gasteiger partial charge in [0.25, 0.3) is 0 Å². The Labute approximate surface area is 247 Å². The zero-order valence-corrected chi connectivity index (χ0v) is 23.2. The van der Waals surface area contributed by atoms with Gasteiger partial charge in [0, 0.05) is 29.7 Å². The molecule has 3 atom stereocenters. The summed E-state index contributed by atoms with van der Waals surface area (Å²) in [5, 5.41) is 22.3. The number of carboxylic acids is 1. The molecule has 44 heavy (non-hydrogen) atoms. The second-order valence-electron chi connectivity index (χ2n) is 11.8. The summed E-state index contributed by atoms with van der Waals surface area (Å²) in [6, 6.07) is 5.29. The molecule has 0 spiro atoms. The highest BCUT2D eigenvalue weighted by molar-refractivity contribution is 5.90. The van der Waals surface area contributed by atoms with E-state index in [2.05, 4.69) is 19.5 Å². The highest BCUT2D eigenvalue weighted by atomic mass is 19.4. The molecule has 238 valence electrons. The fourth-order valence-corrected chi connectivity index (χ4v) is 6.44. The van der Waals surface area contributed by atoms with Crippen LogP contribution in [0.15, 0.2) is 30.3 Å². The van der Waals surface area contributed by atoms with Crippen LogP contribution >= 0.6 is 0 Å².